The number of amidine groups is 1. The summed E-state index contributed by atoms with van der Waals surface area (Å²) < 4.78 is 2.44. The standard InChI is InChI=1S/C84H142N18O16/c1-21-80(17,72(113)88-56(45-51(5)6)50-99-41-30-40-98-39-29-33-64(98)99)94-67(108)58(47-53(9)10)89-62(105)48-87-71(112)78(13,14)93-70(111)65-54(11)35-44-102(65)77(118)83(20,24-4)97-75(116)84(36-37-84)91-63(106)49-86-61(104)34-38-85-66(107)57(46-52(7)8)90-73(114)81(18,22-2)96-74(115)82(19,23-3)95-69(110)60-32-26-28-43-101(60)76(117)79(15,16)92-68(109)59-31-25-27-42-100(59)55(12)103/h51-54,56-60,65H,21-50H2,1-20H3,(H12-,85,86,87,88,89,90,91,92,93,94,95,96,97,104,105,106,107,108,109,110,111,112,113,114,115,116)/p+1/t54-,56-,57-,58-,59-,60-,65-,80-,81-,82-,83-/m0/s1. The quantitative estimate of drug-likeness (QED) is 0.0388. The molecular weight excluding hydrogens is 1520 g/mol. The fourth-order valence-electron chi connectivity index (χ4n) is 16.2. The summed E-state index contributed by atoms with van der Waals surface area (Å²) in [4.78, 5) is 230. The van der Waals surface area contributed by atoms with Crippen molar-refractivity contribution >= 4 is 100 Å². The largest absolute Gasteiger partial charge is 0.354 e. The lowest BCUT2D eigenvalue weighted by molar-refractivity contribution is -0.530. The van der Waals surface area contributed by atoms with Crippen LogP contribution in [0.4, 0.5) is 0 Å². The van der Waals surface area contributed by atoms with Crippen molar-refractivity contribution in [3.63, 3.8) is 0 Å². The van der Waals surface area contributed by atoms with Crippen molar-refractivity contribution in [3.05, 3.63) is 0 Å². The van der Waals surface area contributed by atoms with E-state index in [1.165, 1.54) is 62.1 Å². The molecule has 118 heavy (non-hydrogen) atoms. The molecule has 0 unspecified atom stereocenters. The lowest BCUT2D eigenvalue weighted by atomic mass is 9.90. The number of carbonyl (C=O) groups excluding carboxylic acids is 16. The lowest BCUT2D eigenvalue weighted by Crippen LogP contribution is -2.68. The summed E-state index contributed by atoms with van der Waals surface area (Å²) >= 11 is 0. The van der Waals surface area contributed by atoms with E-state index in [1.807, 2.05) is 34.6 Å². The molecule has 4 fully saturated rings. The minimum atomic E-state index is -1.63. The Bertz CT molecular complexity index is 3730. The van der Waals surface area contributed by atoms with E-state index in [-0.39, 0.29) is 114 Å². The second kappa shape index (κ2) is 41.8. The molecule has 3 saturated heterocycles. The van der Waals surface area contributed by atoms with Gasteiger partial charge in [0.25, 0.3) is 0 Å². The second-order valence-electron chi connectivity index (χ2n) is 36.9. The molecule has 0 bridgehead atoms. The van der Waals surface area contributed by atoms with Crippen LogP contribution in [0.25, 0.3) is 0 Å². The van der Waals surface area contributed by atoms with Crippen LogP contribution in [0.1, 0.15) is 267 Å². The fourth-order valence-corrected chi connectivity index (χ4v) is 16.2. The van der Waals surface area contributed by atoms with Gasteiger partial charge in [-0.25, -0.2) is 0 Å². The predicted molar refractivity (Wildman–Crippen MR) is 444 cm³/mol. The van der Waals surface area contributed by atoms with Gasteiger partial charge in [-0.05, 0) is 188 Å². The van der Waals surface area contributed by atoms with Gasteiger partial charge >= 0.3 is 0 Å². The fraction of sp³-hybridized carbons (Fsp3) is 0.798. The Labute approximate surface area is 698 Å². The molecule has 5 heterocycles. The molecule has 6 aliphatic rings. The number of likely N-dealkylation sites (tertiary alicyclic amines) is 3. The summed E-state index contributed by atoms with van der Waals surface area (Å²) in [5, 5.41) is 36.3. The average molecular weight is 1660 g/mol. The summed E-state index contributed by atoms with van der Waals surface area (Å²) in [5.74, 6) is -8.35. The smallest absolute Gasteiger partial charge is 0.248 e. The summed E-state index contributed by atoms with van der Waals surface area (Å²) in [6.45, 7) is 37.0. The maximum absolute atomic E-state index is 14.7. The third-order valence-corrected chi connectivity index (χ3v) is 24.6. The highest BCUT2D eigenvalue weighted by Gasteiger charge is 2.56. The summed E-state index contributed by atoms with van der Waals surface area (Å²) in [5.41, 5.74) is -10.6. The molecule has 1 aliphatic carbocycles. The van der Waals surface area contributed by atoms with Gasteiger partial charge in [-0.3, -0.25) is 86.2 Å². The average Bonchev–Trinajstić information content (AvgIpc) is 1.63. The van der Waals surface area contributed by atoms with E-state index in [1.54, 1.807) is 48.5 Å². The van der Waals surface area contributed by atoms with Crippen molar-refractivity contribution in [2.45, 2.75) is 342 Å². The van der Waals surface area contributed by atoms with Crippen molar-refractivity contribution in [1.29, 1.82) is 0 Å². The van der Waals surface area contributed by atoms with Crippen molar-refractivity contribution in [3.8, 4) is 0 Å². The molecule has 0 radical (unpaired) electrons. The van der Waals surface area contributed by atoms with Crippen molar-refractivity contribution in [1.82, 2.24) is 88.7 Å². The Morgan fingerprint density at radius 3 is 1.57 bits per heavy atom. The van der Waals surface area contributed by atoms with Crippen LogP contribution in [0.3, 0.4) is 0 Å². The topological polar surface area (TPSA) is 445 Å². The van der Waals surface area contributed by atoms with E-state index >= 15 is 0 Å². The number of rotatable bonds is 41. The summed E-state index contributed by atoms with van der Waals surface area (Å²) in [6.07, 6.45) is 8.71. The molecule has 6 rings (SSSR count). The van der Waals surface area contributed by atoms with Crippen LogP contribution < -0.4 is 69.1 Å². The third kappa shape index (κ3) is 25.8. The van der Waals surface area contributed by atoms with E-state index in [9.17, 15) is 76.7 Å². The van der Waals surface area contributed by atoms with Gasteiger partial charge < -0.3 is 83.8 Å². The number of hydrogen-bond acceptors (Lipinski definition) is 17. The highest BCUT2D eigenvalue weighted by atomic mass is 16.2. The Kier molecular flexibility index (Phi) is 34.6. The highest BCUT2D eigenvalue weighted by molar-refractivity contribution is 6.03. The SMILES string of the molecule is CC[C@](C)(NC(=O)[C@H](CC(C)C)NC(=O)CNC(=O)C(C)(C)NC(=O)[C@@H]1[C@@H](C)CCN1C(=O)[C@](C)(CC)NC(=O)C1(NC(=O)CNC(=O)CCNC(=O)[C@H](CC(C)C)NC(=O)[C@](C)(CC)NC(=O)[C@](C)(CC)NC(=O)[C@@H]2CCCCN2C(=O)C(C)(C)NC(=O)[C@@H]2CCCCN2C(C)=O)CC1)C(=O)N[C@@H](CC(C)C)CN1CCC[N+]2=C1CCC2. The lowest BCUT2D eigenvalue weighted by Gasteiger charge is -2.42. The first kappa shape index (κ1) is 97.8. The van der Waals surface area contributed by atoms with E-state index in [0.717, 1.165) is 58.2 Å². The monoisotopic (exact) mass is 1660 g/mol. The van der Waals surface area contributed by atoms with Crippen molar-refractivity contribution < 1.29 is 81.3 Å². The Morgan fingerprint density at radius 2 is 0.992 bits per heavy atom. The molecule has 16 amide bonds. The minimum absolute atomic E-state index is 0.0522. The van der Waals surface area contributed by atoms with Crippen LogP contribution in [-0.4, -0.2) is 265 Å². The van der Waals surface area contributed by atoms with E-state index in [2.05, 4.69) is 92.4 Å². The number of nitrogens with zero attached hydrogens (tertiary/aromatic N) is 5. The first-order chi connectivity index (χ1) is 55.1. The zero-order valence-electron chi connectivity index (χ0n) is 74.3. The zero-order valence-corrected chi connectivity index (χ0v) is 74.3. The first-order valence-electron chi connectivity index (χ1n) is 43.3. The number of nitrogens with one attached hydrogen (secondary N) is 13. The van der Waals surface area contributed by atoms with Crippen LogP contribution in [-0.2, 0) is 76.7 Å². The second-order valence-corrected chi connectivity index (χ2v) is 36.9. The van der Waals surface area contributed by atoms with Crippen molar-refractivity contribution in [2.24, 2.45) is 23.7 Å². The molecule has 0 aromatic heterocycles. The van der Waals surface area contributed by atoms with Gasteiger partial charge in [0, 0.05) is 45.9 Å². The van der Waals surface area contributed by atoms with Crippen LogP contribution >= 0.6 is 0 Å². The first-order valence-corrected chi connectivity index (χ1v) is 43.3. The van der Waals surface area contributed by atoms with Gasteiger partial charge in [0.2, 0.25) is 100 Å². The molecule has 5 aliphatic heterocycles. The maximum Gasteiger partial charge on any atom is 0.248 e. The molecule has 34 nitrogen and oxygen atoms in total. The minimum Gasteiger partial charge on any atom is -0.354 e. The van der Waals surface area contributed by atoms with Crippen LogP contribution in [0, 0.1) is 23.7 Å². The molecule has 664 valence electrons. The van der Waals surface area contributed by atoms with Crippen LogP contribution in [0.15, 0.2) is 0 Å². The van der Waals surface area contributed by atoms with Crippen LogP contribution in [0.2, 0.25) is 0 Å². The number of amides is 16. The molecule has 13 N–H and O–H groups in total. The molecule has 1 saturated carbocycles. The third-order valence-electron chi connectivity index (χ3n) is 24.6. The van der Waals surface area contributed by atoms with Crippen molar-refractivity contribution in [2.75, 3.05) is 65.4 Å². The molecule has 11 atom stereocenters. The molecule has 0 aromatic rings. The van der Waals surface area contributed by atoms with E-state index in [0.29, 0.717) is 44.7 Å². The molecule has 0 aromatic carbocycles. The van der Waals surface area contributed by atoms with Crippen LogP contribution in [0.5, 0.6) is 0 Å². The Hall–Kier alpha value is -9.01. The van der Waals surface area contributed by atoms with Gasteiger partial charge in [-0.15, -0.1) is 0 Å². The summed E-state index contributed by atoms with van der Waals surface area (Å²) in [6, 6.07) is -5.19. The van der Waals surface area contributed by atoms with Gasteiger partial charge in [0.1, 0.15) is 75.5 Å². The van der Waals surface area contributed by atoms with E-state index < -0.39 is 171 Å². The van der Waals surface area contributed by atoms with Gasteiger partial charge in [-0.1, -0.05) is 76.2 Å². The van der Waals surface area contributed by atoms with E-state index in [4.69, 9.17) is 0 Å². The van der Waals surface area contributed by atoms with Gasteiger partial charge in [0.15, 0.2) is 0 Å². The number of piperidine rings is 2. The number of carbonyl (C=O) groups is 16. The summed E-state index contributed by atoms with van der Waals surface area (Å²) in [7, 11) is 0. The highest BCUT2D eigenvalue weighted by Crippen LogP contribution is 2.37. The number of hydrogen-bond donors (Lipinski definition) is 13. The predicted octanol–water partition coefficient (Wildman–Crippen LogP) is 1.83. The zero-order chi connectivity index (χ0) is 88.4. The Balaban J connectivity index is 0.959. The molecule has 34 heteroatoms. The maximum atomic E-state index is 14.7. The molecule has 0 spiro atoms. The van der Waals surface area contributed by atoms with Gasteiger partial charge in [0.05, 0.1) is 45.2 Å². The van der Waals surface area contributed by atoms with Gasteiger partial charge in [-0.2, -0.15) is 0 Å². The normalized spacial score (nSPS) is 21.4. The Morgan fingerprint density at radius 1 is 0.466 bits per heavy atom. The molecular formula is C84H143N18O16+.